The third-order valence-corrected chi connectivity index (χ3v) is 7.41. The van der Waals surface area contributed by atoms with E-state index in [-0.39, 0.29) is 29.6 Å². The van der Waals surface area contributed by atoms with E-state index in [0.29, 0.717) is 18.2 Å². The van der Waals surface area contributed by atoms with Gasteiger partial charge in [-0.15, -0.1) is 0 Å². The van der Waals surface area contributed by atoms with Crippen molar-refractivity contribution in [3.63, 3.8) is 0 Å². The van der Waals surface area contributed by atoms with Crippen LogP contribution in [0.2, 0.25) is 0 Å². The molecule has 1 N–H and O–H groups in total. The molecule has 7 nitrogen and oxygen atoms in total. The van der Waals surface area contributed by atoms with E-state index in [4.69, 9.17) is 0 Å². The standard InChI is InChI=1S/C23H27N3O4S/c27-22-10-11-23(28)26(22)20-6-8-21(9-7-20)31(29,30)24-16-18-12-14-25(15-13-18)17-19-4-2-1-3-5-19/h1-9,18,24H,10-17H2. The number of rotatable bonds is 7. The zero-order chi connectivity index (χ0) is 21.8. The van der Waals surface area contributed by atoms with E-state index in [2.05, 4.69) is 21.8 Å². The molecule has 4 rings (SSSR count). The van der Waals surface area contributed by atoms with Crippen molar-refractivity contribution in [3.8, 4) is 0 Å². The summed E-state index contributed by atoms with van der Waals surface area (Å²) in [6.07, 6.45) is 2.30. The Morgan fingerprint density at radius 1 is 0.871 bits per heavy atom. The molecule has 0 radical (unpaired) electrons. The smallest absolute Gasteiger partial charge is 0.240 e. The number of nitrogens with one attached hydrogen (secondary N) is 1. The Morgan fingerprint density at radius 2 is 1.48 bits per heavy atom. The molecule has 8 heteroatoms. The van der Waals surface area contributed by atoms with E-state index in [0.717, 1.165) is 37.4 Å². The van der Waals surface area contributed by atoms with E-state index in [1.165, 1.54) is 29.8 Å². The van der Waals surface area contributed by atoms with Crippen molar-refractivity contribution in [3.05, 3.63) is 60.2 Å². The second-order valence-corrected chi connectivity index (χ2v) is 9.94. The number of imide groups is 1. The highest BCUT2D eigenvalue weighted by atomic mass is 32.2. The Kier molecular flexibility index (Phi) is 6.50. The monoisotopic (exact) mass is 441 g/mol. The Balaban J connectivity index is 1.28. The van der Waals surface area contributed by atoms with Crippen molar-refractivity contribution in [1.29, 1.82) is 0 Å². The highest BCUT2D eigenvalue weighted by Gasteiger charge is 2.30. The molecule has 0 saturated carbocycles. The van der Waals surface area contributed by atoms with E-state index in [9.17, 15) is 18.0 Å². The highest BCUT2D eigenvalue weighted by Crippen LogP contribution is 2.24. The first-order valence-electron chi connectivity index (χ1n) is 10.6. The molecule has 2 aliphatic rings. The van der Waals surface area contributed by atoms with E-state index in [1.54, 1.807) is 0 Å². The van der Waals surface area contributed by atoms with Crippen LogP contribution < -0.4 is 9.62 Å². The maximum Gasteiger partial charge on any atom is 0.240 e. The van der Waals surface area contributed by atoms with Crippen molar-refractivity contribution in [2.75, 3.05) is 24.5 Å². The van der Waals surface area contributed by atoms with Gasteiger partial charge in [0.15, 0.2) is 0 Å². The van der Waals surface area contributed by atoms with Crippen LogP contribution in [0, 0.1) is 5.92 Å². The third-order valence-electron chi connectivity index (χ3n) is 5.97. The van der Waals surface area contributed by atoms with Gasteiger partial charge in [-0.3, -0.25) is 19.4 Å². The maximum absolute atomic E-state index is 12.7. The van der Waals surface area contributed by atoms with Crippen LogP contribution in [-0.2, 0) is 26.2 Å². The van der Waals surface area contributed by atoms with Crippen molar-refractivity contribution < 1.29 is 18.0 Å². The molecule has 2 amide bonds. The number of amides is 2. The molecule has 2 aliphatic heterocycles. The predicted octanol–water partition coefficient (Wildman–Crippen LogP) is 2.53. The zero-order valence-electron chi connectivity index (χ0n) is 17.4. The van der Waals surface area contributed by atoms with Crippen LogP contribution in [0.15, 0.2) is 59.5 Å². The summed E-state index contributed by atoms with van der Waals surface area (Å²) in [5.74, 6) is -0.199. The number of hydrogen-bond acceptors (Lipinski definition) is 5. The van der Waals surface area contributed by atoms with Crippen LogP contribution in [0.25, 0.3) is 0 Å². The van der Waals surface area contributed by atoms with Crippen LogP contribution in [0.1, 0.15) is 31.2 Å². The van der Waals surface area contributed by atoms with E-state index < -0.39 is 10.0 Å². The van der Waals surface area contributed by atoms with Gasteiger partial charge in [0.25, 0.3) is 0 Å². The van der Waals surface area contributed by atoms with Crippen LogP contribution >= 0.6 is 0 Å². The van der Waals surface area contributed by atoms with Crippen molar-refractivity contribution in [1.82, 2.24) is 9.62 Å². The molecule has 0 bridgehead atoms. The number of carbonyl (C=O) groups is 2. The van der Waals surface area contributed by atoms with Crippen LogP contribution in [-0.4, -0.2) is 44.8 Å². The topological polar surface area (TPSA) is 86.8 Å². The van der Waals surface area contributed by atoms with Gasteiger partial charge in [-0.2, -0.15) is 0 Å². The Labute approximate surface area is 183 Å². The molecule has 0 aliphatic carbocycles. The number of anilines is 1. The molecule has 0 atom stereocenters. The summed E-state index contributed by atoms with van der Waals surface area (Å²) in [6.45, 7) is 3.24. The molecule has 2 saturated heterocycles. The van der Waals surface area contributed by atoms with Gasteiger partial charge in [-0.1, -0.05) is 30.3 Å². The fourth-order valence-electron chi connectivity index (χ4n) is 4.14. The first-order valence-corrected chi connectivity index (χ1v) is 12.1. The number of nitrogens with zero attached hydrogens (tertiary/aromatic N) is 2. The molecular formula is C23H27N3O4S. The lowest BCUT2D eigenvalue weighted by Gasteiger charge is -2.32. The summed E-state index contributed by atoms with van der Waals surface area (Å²) in [5.41, 5.74) is 1.71. The Bertz CT molecular complexity index is 1010. The van der Waals surface area contributed by atoms with Gasteiger partial charge >= 0.3 is 0 Å². The number of hydrogen-bond donors (Lipinski definition) is 1. The molecule has 0 unspecified atom stereocenters. The quantitative estimate of drug-likeness (QED) is 0.668. The Hall–Kier alpha value is -2.55. The van der Waals surface area contributed by atoms with Crippen LogP contribution in [0.4, 0.5) is 5.69 Å². The summed E-state index contributed by atoms with van der Waals surface area (Å²) in [7, 11) is -3.64. The predicted molar refractivity (Wildman–Crippen MR) is 118 cm³/mol. The summed E-state index contributed by atoms with van der Waals surface area (Å²) < 4.78 is 28.1. The molecule has 2 aromatic rings. The van der Waals surface area contributed by atoms with Gasteiger partial charge in [0.2, 0.25) is 21.8 Å². The zero-order valence-corrected chi connectivity index (χ0v) is 18.2. The second-order valence-electron chi connectivity index (χ2n) is 8.17. The summed E-state index contributed by atoms with van der Waals surface area (Å²) >= 11 is 0. The minimum atomic E-state index is -3.64. The lowest BCUT2D eigenvalue weighted by atomic mass is 9.97. The maximum atomic E-state index is 12.7. The van der Waals surface area contributed by atoms with Crippen LogP contribution in [0.3, 0.4) is 0 Å². The number of sulfonamides is 1. The van der Waals surface area contributed by atoms with Gasteiger partial charge in [0.05, 0.1) is 10.6 Å². The van der Waals surface area contributed by atoms with E-state index in [1.807, 2.05) is 18.2 Å². The van der Waals surface area contributed by atoms with Gasteiger partial charge < -0.3 is 0 Å². The molecule has 2 aromatic carbocycles. The van der Waals surface area contributed by atoms with Crippen LogP contribution in [0.5, 0.6) is 0 Å². The number of benzene rings is 2. The number of piperidine rings is 1. The number of carbonyl (C=O) groups excluding carboxylic acids is 2. The normalized spacial score (nSPS) is 18.6. The molecule has 31 heavy (non-hydrogen) atoms. The molecule has 0 spiro atoms. The average molecular weight is 442 g/mol. The van der Waals surface area contributed by atoms with Gasteiger partial charge in [0, 0.05) is 25.9 Å². The SMILES string of the molecule is O=C1CCC(=O)N1c1ccc(S(=O)(=O)NCC2CCN(Cc3ccccc3)CC2)cc1. The molecule has 2 heterocycles. The highest BCUT2D eigenvalue weighted by molar-refractivity contribution is 7.89. The largest absolute Gasteiger partial charge is 0.299 e. The first-order chi connectivity index (χ1) is 14.9. The fourth-order valence-corrected chi connectivity index (χ4v) is 5.26. The Morgan fingerprint density at radius 3 is 2.10 bits per heavy atom. The number of likely N-dealkylation sites (tertiary alicyclic amines) is 1. The van der Waals surface area contributed by atoms with Crippen molar-refractivity contribution >= 4 is 27.5 Å². The summed E-state index contributed by atoms with van der Waals surface area (Å²) in [4.78, 5) is 27.3. The molecule has 164 valence electrons. The van der Waals surface area contributed by atoms with Crippen molar-refractivity contribution in [2.24, 2.45) is 5.92 Å². The average Bonchev–Trinajstić information content (AvgIpc) is 3.12. The van der Waals surface area contributed by atoms with Gasteiger partial charge in [0.1, 0.15) is 0 Å². The second kappa shape index (κ2) is 9.30. The summed E-state index contributed by atoms with van der Waals surface area (Å²) in [5, 5.41) is 0. The minimum Gasteiger partial charge on any atom is -0.299 e. The van der Waals surface area contributed by atoms with E-state index >= 15 is 0 Å². The lowest BCUT2D eigenvalue weighted by Crippen LogP contribution is -2.38. The van der Waals surface area contributed by atoms with Crippen molar-refractivity contribution in [2.45, 2.75) is 37.1 Å². The molecule has 0 aromatic heterocycles. The molecule has 2 fully saturated rings. The summed E-state index contributed by atoms with van der Waals surface area (Å²) in [6, 6.07) is 16.3. The van der Waals surface area contributed by atoms with Gasteiger partial charge in [-0.25, -0.2) is 13.1 Å². The lowest BCUT2D eigenvalue weighted by molar-refractivity contribution is -0.121. The minimum absolute atomic E-state index is 0.136. The van der Waals surface area contributed by atoms with Gasteiger partial charge in [-0.05, 0) is 61.7 Å². The fraction of sp³-hybridized carbons (Fsp3) is 0.391. The first kappa shape index (κ1) is 21.7. The molecular weight excluding hydrogens is 414 g/mol. The third kappa shape index (κ3) is 5.20.